The first kappa shape index (κ1) is 17.1. The van der Waals surface area contributed by atoms with Crippen LogP contribution in [0.15, 0.2) is 48.5 Å². The van der Waals surface area contributed by atoms with Crippen LogP contribution < -0.4 is 4.74 Å². The minimum absolute atomic E-state index is 0.116. The Hall–Kier alpha value is -2.36. The Morgan fingerprint density at radius 1 is 1.08 bits per heavy atom. The third kappa shape index (κ3) is 3.59. The minimum atomic E-state index is -0.389. The monoisotopic (exact) mass is 353 g/mol. The molecule has 3 nitrogen and oxygen atoms in total. The van der Waals surface area contributed by atoms with Crippen LogP contribution in [0.25, 0.3) is 0 Å². The Morgan fingerprint density at radius 3 is 2.65 bits per heavy atom. The predicted molar refractivity (Wildman–Crippen MR) is 98.5 cm³/mol. The molecular weight excluding hydrogens is 329 g/mol. The van der Waals surface area contributed by atoms with E-state index in [2.05, 4.69) is 29.2 Å². The molecule has 0 N–H and O–H groups in total. The van der Waals surface area contributed by atoms with E-state index in [1.54, 1.807) is 18.2 Å². The Kier molecular flexibility index (Phi) is 4.91. The molecule has 0 aromatic heterocycles. The quantitative estimate of drug-likeness (QED) is 0.756. The summed E-state index contributed by atoms with van der Waals surface area (Å²) >= 11 is 0. The Labute approximate surface area is 153 Å². The van der Waals surface area contributed by atoms with Gasteiger partial charge in [0.25, 0.3) is 0 Å². The number of aryl methyl sites for hydroxylation is 1. The van der Waals surface area contributed by atoms with Gasteiger partial charge in [-0.05, 0) is 55.4 Å². The lowest BCUT2D eigenvalue weighted by molar-refractivity contribution is -0.135. The Balaban J connectivity index is 1.44. The van der Waals surface area contributed by atoms with E-state index in [0.29, 0.717) is 6.04 Å². The fraction of sp³-hybridized carbons (Fsp3) is 0.409. The second-order valence-corrected chi connectivity index (χ2v) is 7.17. The molecule has 2 aromatic rings. The summed E-state index contributed by atoms with van der Waals surface area (Å²) in [6, 6.07) is 15.3. The van der Waals surface area contributed by atoms with Crippen LogP contribution in [-0.4, -0.2) is 23.5 Å². The van der Waals surface area contributed by atoms with E-state index in [9.17, 15) is 9.18 Å². The maximum Gasteiger partial charge on any atom is 0.226 e. The van der Waals surface area contributed by atoms with Gasteiger partial charge in [-0.2, -0.15) is 0 Å². The van der Waals surface area contributed by atoms with Crippen molar-refractivity contribution in [2.45, 2.75) is 50.6 Å². The van der Waals surface area contributed by atoms with Crippen LogP contribution in [0.2, 0.25) is 0 Å². The maximum atomic E-state index is 13.6. The van der Waals surface area contributed by atoms with Crippen LogP contribution in [0.5, 0.6) is 5.75 Å². The lowest BCUT2D eigenvalue weighted by Gasteiger charge is -2.36. The molecule has 0 saturated heterocycles. The van der Waals surface area contributed by atoms with E-state index in [1.165, 1.54) is 17.2 Å². The van der Waals surface area contributed by atoms with Crippen molar-refractivity contribution < 1.29 is 13.9 Å². The first-order valence-corrected chi connectivity index (χ1v) is 9.50. The first-order chi connectivity index (χ1) is 12.7. The average molecular weight is 353 g/mol. The van der Waals surface area contributed by atoms with Gasteiger partial charge < -0.3 is 9.64 Å². The van der Waals surface area contributed by atoms with Gasteiger partial charge in [0.1, 0.15) is 0 Å². The van der Waals surface area contributed by atoms with Crippen LogP contribution in [0.1, 0.15) is 49.3 Å². The molecule has 2 aliphatic rings. The molecule has 0 aliphatic heterocycles. The molecule has 1 amide bonds. The highest BCUT2D eigenvalue weighted by atomic mass is 19.1. The van der Waals surface area contributed by atoms with E-state index < -0.39 is 0 Å². The first-order valence-electron chi connectivity index (χ1n) is 9.50. The average Bonchev–Trinajstić information content (AvgIpc) is 3.49. The molecule has 0 radical (unpaired) electrons. The lowest BCUT2D eigenvalue weighted by Crippen LogP contribution is -2.39. The van der Waals surface area contributed by atoms with Gasteiger partial charge in [0.15, 0.2) is 11.6 Å². The number of halogens is 1. The number of hydrogen-bond donors (Lipinski definition) is 0. The summed E-state index contributed by atoms with van der Waals surface area (Å²) in [4.78, 5) is 15.0. The summed E-state index contributed by atoms with van der Waals surface area (Å²) in [7, 11) is 0. The zero-order valence-electron chi connectivity index (χ0n) is 14.9. The zero-order chi connectivity index (χ0) is 17.9. The maximum absolute atomic E-state index is 13.6. The smallest absolute Gasteiger partial charge is 0.226 e. The number of benzene rings is 2. The molecule has 26 heavy (non-hydrogen) atoms. The van der Waals surface area contributed by atoms with Crippen LogP contribution in [0, 0.1) is 5.82 Å². The third-order valence-electron chi connectivity index (χ3n) is 5.31. The zero-order valence-corrected chi connectivity index (χ0v) is 14.9. The van der Waals surface area contributed by atoms with Crippen LogP contribution >= 0.6 is 0 Å². The van der Waals surface area contributed by atoms with Crippen molar-refractivity contribution in [3.05, 3.63) is 65.5 Å². The van der Waals surface area contributed by atoms with E-state index in [4.69, 9.17) is 4.74 Å². The summed E-state index contributed by atoms with van der Waals surface area (Å²) < 4.78 is 19.1. The lowest BCUT2D eigenvalue weighted by atomic mass is 9.86. The van der Waals surface area contributed by atoms with Gasteiger partial charge in [-0.3, -0.25) is 4.79 Å². The second-order valence-electron chi connectivity index (χ2n) is 7.17. The number of rotatable bonds is 6. The molecule has 0 bridgehead atoms. The summed E-state index contributed by atoms with van der Waals surface area (Å²) in [5.41, 5.74) is 2.67. The summed E-state index contributed by atoms with van der Waals surface area (Å²) in [6.07, 6.45) is 5.67. The Bertz CT molecular complexity index is 787. The van der Waals surface area contributed by atoms with E-state index in [1.807, 2.05) is 0 Å². The number of ether oxygens (including phenoxy) is 1. The van der Waals surface area contributed by atoms with Crippen molar-refractivity contribution in [2.24, 2.45) is 0 Å². The number of carbonyl (C=O) groups is 1. The van der Waals surface area contributed by atoms with Crippen molar-refractivity contribution in [1.82, 2.24) is 4.90 Å². The van der Waals surface area contributed by atoms with Gasteiger partial charge >= 0.3 is 0 Å². The highest BCUT2D eigenvalue weighted by Crippen LogP contribution is 2.41. The molecule has 2 aromatic carbocycles. The summed E-state index contributed by atoms with van der Waals surface area (Å²) in [5, 5.41) is 0. The summed E-state index contributed by atoms with van der Waals surface area (Å²) in [5.74, 6) is -0.0629. The molecule has 1 unspecified atom stereocenters. The van der Waals surface area contributed by atoms with Gasteiger partial charge in [-0.25, -0.2) is 4.39 Å². The number of para-hydroxylation sites is 1. The molecule has 0 spiro atoms. The van der Waals surface area contributed by atoms with E-state index >= 15 is 0 Å². The topological polar surface area (TPSA) is 29.5 Å². The number of hydrogen-bond acceptors (Lipinski definition) is 2. The predicted octanol–water partition coefficient (Wildman–Crippen LogP) is 4.66. The summed E-state index contributed by atoms with van der Waals surface area (Å²) in [6.45, 7) is 0.206. The standard InChI is InChI=1S/C22H24FNO2/c23-19-9-3-4-11-21(19)26-15-14-22(25)24(17-12-13-17)20-10-5-7-16-6-1-2-8-18(16)20/h1-4,6,8-9,11,17,20H,5,7,10,12-15H2. The molecule has 1 fully saturated rings. The van der Waals surface area contributed by atoms with Crippen molar-refractivity contribution in [3.63, 3.8) is 0 Å². The van der Waals surface area contributed by atoms with E-state index in [0.717, 1.165) is 32.1 Å². The van der Waals surface area contributed by atoms with Crippen LogP contribution in [-0.2, 0) is 11.2 Å². The van der Waals surface area contributed by atoms with Gasteiger partial charge in [-0.1, -0.05) is 36.4 Å². The molecule has 1 atom stereocenters. The molecule has 2 aliphatic carbocycles. The minimum Gasteiger partial charge on any atom is -0.490 e. The van der Waals surface area contributed by atoms with Crippen LogP contribution in [0.3, 0.4) is 0 Å². The number of carbonyl (C=O) groups excluding carboxylic acids is 1. The van der Waals surface area contributed by atoms with Gasteiger partial charge in [0.2, 0.25) is 5.91 Å². The van der Waals surface area contributed by atoms with Crippen molar-refractivity contribution in [2.75, 3.05) is 6.61 Å². The van der Waals surface area contributed by atoms with Gasteiger partial charge in [0, 0.05) is 6.04 Å². The fourth-order valence-corrected chi connectivity index (χ4v) is 3.94. The molecule has 136 valence electrons. The van der Waals surface area contributed by atoms with Crippen molar-refractivity contribution >= 4 is 5.91 Å². The second kappa shape index (κ2) is 7.48. The van der Waals surface area contributed by atoms with Crippen LogP contribution in [0.4, 0.5) is 4.39 Å². The molecule has 4 heteroatoms. The number of nitrogens with zero attached hydrogens (tertiary/aromatic N) is 1. The van der Waals surface area contributed by atoms with E-state index in [-0.39, 0.29) is 36.5 Å². The number of amides is 1. The van der Waals surface area contributed by atoms with Crippen molar-refractivity contribution in [1.29, 1.82) is 0 Å². The highest BCUT2D eigenvalue weighted by Gasteiger charge is 2.39. The number of fused-ring (bicyclic) bond motifs is 1. The SMILES string of the molecule is O=C(CCOc1ccccc1F)N(C1CC1)C1CCCc2ccccc21. The normalized spacial score (nSPS) is 18.9. The highest BCUT2D eigenvalue weighted by molar-refractivity contribution is 5.77. The van der Waals surface area contributed by atoms with Gasteiger partial charge in [0.05, 0.1) is 19.1 Å². The molecular formula is C22H24FNO2. The Morgan fingerprint density at radius 2 is 1.85 bits per heavy atom. The molecule has 0 heterocycles. The molecule has 4 rings (SSSR count). The van der Waals surface area contributed by atoms with Crippen molar-refractivity contribution in [3.8, 4) is 5.75 Å². The third-order valence-corrected chi connectivity index (χ3v) is 5.31. The largest absolute Gasteiger partial charge is 0.490 e. The fourth-order valence-electron chi connectivity index (χ4n) is 3.94. The molecule has 1 saturated carbocycles. The van der Waals surface area contributed by atoms with Gasteiger partial charge in [-0.15, -0.1) is 0 Å².